The van der Waals surface area contributed by atoms with Gasteiger partial charge < -0.3 is 87.1 Å². The molecule has 1 aliphatic carbocycles. The van der Waals surface area contributed by atoms with Gasteiger partial charge in [0.05, 0.1) is 30.5 Å². The van der Waals surface area contributed by atoms with E-state index in [9.17, 15) is 78.8 Å². The minimum atomic E-state index is -2.72. The molecule has 12 N–H and O–H groups in total. The summed E-state index contributed by atoms with van der Waals surface area (Å²) >= 11 is -2.72. The van der Waals surface area contributed by atoms with Crippen LogP contribution in [0.4, 0.5) is 5.69 Å². The molecule has 3 aromatic carbocycles. The van der Waals surface area contributed by atoms with E-state index in [0.29, 0.717) is 6.04 Å². The van der Waals surface area contributed by atoms with Crippen molar-refractivity contribution in [2.75, 3.05) is 57.3 Å². The third kappa shape index (κ3) is 16.8. The van der Waals surface area contributed by atoms with E-state index < -0.39 is 181 Å². The average molecular weight is 1260 g/mol. The molecule has 0 spiro atoms. The normalized spacial score (nSPS) is 28.0. The summed E-state index contributed by atoms with van der Waals surface area (Å²) in [6.45, 7) is 11.4. The molecule has 4 heterocycles. The second-order valence-electron chi connectivity index (χ2n) is 23.0. The largest absolute Gasteiger partial charge is 1.00 e. The van der Waals surface area contributed by atoms with Crippen LogP contribution < -0.4 is 66.3 Å². The van der Waals surface area contributed by atoms with E-state index in [1.165, 1.54) is 57.2 Å². The van der Waals surface area contributed by atoms with E-state index >= 15 is 0 Å². The van der Waals surface area contributed by atoms with Gasteiger partial charge in [0.2, 0.25) is 53.1 Å². The van der Waals surface area contributed by atoms with Crippen LogP contribution in [0.3, 0.4) is 0 Å². The maximum absolute atomic E-state index is 14.6. The molecule has 4 aliphatic heterocycles. The van der Waals surface area contributed by atoms with Crippen LogP contribution >= 0.6 is 0 Å². The summed E-state index contributed by atoms with van der Waals surface area (Å²) in [7, 11) is 0. The Kier molecular flexibility index (Phi) is 24.8. The Morgan fingerprint density at radius 1 is 0.773 bits per heavy atom. The minimum Gasteiger partial charge on any atom is -0.691 e. The van der Waals surface area contributed by atoms with Crippen LogP contribution in [0.25, 0.3) is 16.0 Å². The monoisotopic (exact) mass is 1250 g/mol. The van der Waals surface area contributed by atoms with Crippen molar-refractivity contribution >= 4 is 58.1 Å². The van der Waals surface area contributed by atoms with Crippen LogP contribution in [0.5, 0.6) is 5.75 Å². The first kappa shape index (κ1) is 69.3. The van der Waals surface area contributed by atoms with E-state index in [-0.39, 0.29) is 47.2 Å². The number of fused-ring (bicyclic) bond motifs is 2. The van der Waals surface area contributed by atoms with Crippen LogP contribution in [0.2, 0.25) is 0 Å². The van der Waals surface area contributed by atoms with E-state index in [0.717, 1.165) is 71.8 Å². The molecule has 0 bridgehead atoms. The fourth-order valence-electron chi connectivity index (χ4n) is 12.1. The van der Waals surface area contributed by atoms with Gasteiger partial charge >= 0.3 is 29.6 Å². The summed E-state index contributed by atoms with van der Waals surface area (Å²) in [5.74, 6) is -9.55. The molecular formula is C58H75N10NaO18S. The molecule has 28 nitrogen and oxygen atoms in total. The first-order valence-electron chi connectivity index (χ1n) is 29.0. The topological polar surface area (TPSA) is 397 Å². The molecule has 88 heavy (non-hydrogen) atoms. The Balaban J connectivity index is 0.0000110. The van der Waals surface area contributed by atoms with Crippen molar-refractivity contribution in [1.82, 2.24) is 41.3 Å². The van der Waals surface area contributed by atoms with Crippen LogP contribution in [0.15, 0.2) is 71.6 Å². The molecule has 0 aromatic heterocycles. The molecule has 5 fully saturated rings. The number of benzene rings is 3. The van der Waals surface area contributed by atoms with Crippen LogP contribution in [0, 0.1) is 12.5 Å². The number of β-amino-alcohol motifs (C(OH)–C–C–N with tert-alkyl or cyclic N) is 1. The summed E-state index contributed by atoms with van der Waals surface area (Å²) in [6.07, 6.45) is -6.09. The Labute approximate surface area is 532 Å². The summed E-state index contributed by atoms with van der Waals surface area (Å²) in [5, 5.41) is 104. The second-order valence-corrected chi connectivity index (χ2v) is 24.0. The zero-order valence-corrected chi connectivity index (χ0v) is 51.8. The number of hydrogen-bond acceptors (Lipinski definition) is 20. The number of nitrogens with one attached hydrogen (secondary N) is 5. The fourth-order valence-corrected chi connectivity index (χ4v) is 12.7. The number of piperazine rings is 1. The van der Waals surface area contributed by atoms with Crippen LogP contribution in [0.1, 0.15) is 74.7 Å². The van der Waals surface area contributed by atoms with Crippen molar-refractivity contribution in [1.29, 1.82) is 0 Å². The van der Waals surface area contributed by atoms with Crippen molar-refractivity contribution in [2.24, 2.45) is 5.92 Å². The molecule has 14 atom stereocenters. The number of carbonyl (C=O) groups is 7. The van der Waals surface area contributed by atoms with E-state index in [1.54, 1.807) is 12.1 Å². The molecule has 1 saturated carbocycles. The zero-order chi connectivity index (χ0) is 62.8. The predicted molar refractivity (Wildman–Crippen MR) is 306 cm³/mol. The summed E-state index contributed by atoms with van der Waals surface area (Å²) in [6, 6.07) is 6.88. The molecule has 0 radical (unpaired) electrons. The first-order valence-corrected chi connectivity index (χ1v) is 30.1. The molecule has 4 saturated heterocycles. The number of phenols is 1. The molecule has 3 aromatic rings. The van der Waals surface area contributed by atoms with Gasteiger partial charge in [-0.05, 0) is 72.9 Å². The van der Waals surface area contributed by atoms with Gasteiger partial charge in [-0.15, -0.1) is 4.33 Å². The van der Waals surface area contributed by atoms with Gasteiger partial charge in [-0.1, -0.05) is 56.5 Å². The molecular weight excluding hydrogens is 1180 g/mol. The summed E-state index contributed by atoms with van der Waals surface area (Å²) < 4.78 is 16.6. The third-order valence-electron chi connectivity index (χ3n) is 16.9. The quantitative estimate of drug-likeness (QED) is 0.0309. The second kappa shape index (κ2) is 31.5. The standard InChI is InChI=1S/C58H76N10O18S.Na/c1-31-29-68-50(51(31)75)56(80)60-27-39(70)25-41(61-52(76)36-12-10-34(11-13-36)35-14-16-38(17-15-35)66-21-19-65(20-22-66)37-7-5-4-6-8-37)53(77)62-47(32(2)69)57(81)67-30-40(71)26-42(67)54(78)63-48(55(79)64-49(58(68)82)45(74)28-59-3)44(73)23-33-9-18-43(72)46(24-33)87(84)86-85-83;/h9-18,24,31-32,37,39-42,44-45,47-51,69-75,83H,4-8,19-23,25-30H2,1-2H3,(H,60,80)(H,61,76)(H,62,77)(H,63,78)(H,64,79);/q;+1/p-1/t31?,32?,39-,40?,41-,42?,44+,45+,47?,48?,49-,50?,51-,87?;/m0./s1. The van der Waals surface area contributed by atoms with E-state index in [2.05, 4.69) is 62.7 Å². The predicted octanol–water partition coefficient (Wildman–Crippen LogP) is -6.37. The number of carbonyl (C=O) groups excluding carboxylic acids is 7. The van der Waals surface area contributed by atoms with E-state index in [1.807, 2.05) is 12.1 Å². The molecule has 5 aliphatic rings. The molecule has 7 amide bonds. The van der Waals surface area contributed by atoms with Gasteiger partial charge in [0.15, 0.2) is 6.10 Å². The number of aliphatic hydroxyl groups is 6. The minimum absolute atomic E-state index is 0. The van der Waals surface area contributed by atoms with Gasteiger partial charge in [-0.25, -0.2) is 10.8 Å². The fraction of sp³-hybridized carbons (Fsp3) is 0.552. The first-order chi connectivity index (χ1) is 41.6. The number of hydrogen-bond donors (Lipinski definition) is 12. The number of aromatic hydroxyl groups is 1. The number of anilines is 1. The SMILES string of the molecule is [C-]#[N+]C[C@@H](O)[C@@H]1NC(=O)C([C@H](O)Cc2ccc(O)c(S(=O)OO[O-])c2)NC(=O)C2CC(O)CN2C(=O)C(C(C)O)NC(=O)[C@@H](NC(=O)c2ccc(-c3ccc(N4CCN(C5CCCCC5)CC4)cc3)cc2)C[C@H](O)CNC(=O)C2[C@@H](O)C(C)CN2C1=O.[Na+]. The van der Waals surface area contributed by atoms with Crippen molar-refractivity contribution in [3.05, 3.63) is 89.3 Å². The molecule has 8 rings (SSSR count). The Bertz CT molecular complexity index is 3020. The number of rotatable bonds is 14. The third-order valence-corrected chi connectivity index (χ3v) is 17.7. The number of aliphatic hydroxyl groups excluding tert-OH is 6. The Morgan fingerprint density at radius 3 is 2.03 bits per heavy atom. The van der Waals surface area contributed by atoms with Gasteiger partial charge in [-0.3, -0.25) is 43.5 Å². The number of amides is 7. The van der Waals surface area contributed by atoms with Crippen LogP contribution in [-0.4, -0.2) is 227 Å². The van der Waals surface area contributed by atoms with Crippen molar-refractivity contribution in [3.8, 4) is 16.9 Å². The van der Waals surface area contributed by atoms with Crippen molar-refractivity contribution in [2.45, 2.75) is 149 Å². The van der Waals surface area contributed by atoms with Crippen molar-refractivity contribution in [3.63, 3.8) is 0 Å². The van der Waals surface area contributed by atoms with Gasteiger partial charge in [0.25, 0.3) is 5.91 Å². The maximum atomic E-state index is 14.6. The smallest absolute Gasteiger partial charge is 0.691 e. The summed E-state index contributed by atoms with van der Waals surface area (Å²) in [4.78, 5) is 110. The van der Waals surface area contributed by atoms with Gasteiger partial charge in [-0.2, -0.15) is 0 Å². The summed E-state index contributed by atoms with van der Waals surface area (Å²) in [5.41, 5.74) is 2.79. The van der Waals surface area contributed by atoms with Crippen molar-refractivity contribution < 1.29 is 118 Å². The van der Waals surface area contributed by atoms with Gasteiger partial charge in [0.1, 0.15) is 46.9 Å². The Hall–Kier alpha value is -6.21. The Morgan fingerprint density at radius 2 is 1.40 bits per heavy atom. The number of phenolic OH excluding ortho intramolecular Hbond substituents is 1. The molecule has 472 valence electrons. The molecule has 30 heteroatoms. The van der Waals surface area contributed by atoms with Crippen LogP contribution in [-0.2, 0) is 55.6 Å². The molecule has 8 unspecified atom stereocenters. The maximum Gasteiger partial charge on any atom is 1.00 e. The van der Waals surface area contributed by atoms with Gasteiger partial charge in [0, 0.05) is 88.3 Å². The average Bonchev–Trinajstić information content (AvgIpc) is 2.14. The van der Waals surface area contributed by atoms with E-state index in [4.69, 9.17) is 6.57 Å². The zero-order valence-electron chi connectivity index (χ0n) is 49.0. The number of nitrogens with zero attached hydrogens (tertiary/aromatic N) is 5.